The zero-order valence-corrected chi connectivity index (χ0v) is 11.1. The Morgan fingerprint density at radius 2 is 2.19 bits per heavy atom. The Balaban J connectivity index is 2.31. The van der Waals surface area contributed by atoms with Gasteiger partial charge in [0.25, 0.3) is 0 Å². The van der Waals surface area contributed by atoms with Gasteiger partial charge in [-0.25, -0.2) is 0 Å². The number of rotatable bonds is 4. The molecule has 0 fully saturated rings. The Kier molecular flexibility index (Phi) is 4.11. The molecule has 0 aliphatic carbocycles. The average molecular weight is 285 g/mol. The molecule has 1 aromatic heterocycles. The fourth-order valence-corrected chi connectivity index (χ4v) is 1.64. The molecule has 0 aliphatic heterocycles. The van der Waals surface area contributed by atoms with Crippen LogP contribution in [0.1, 0.15) is 24.3 Å². The van der Waals surface area contributed by atoms with Crippen LogP contribution < -0.4 is 4.74 Å². The monoisotopic (exact) mass is 285 g/mol. The van der Waals surface area contributed by atoms with Gasteiger partial charge in [0, 0.05) is 6.07 Å². The fourth-order valence-electron chi connectivity index (χ4n) is 1.64. The van der Waals surface area contributed by atoms with Gasteiger partial charge in [-0.05, 0) is 31.2 Å². The smallest absolute Gasteiger partial charge is 0.312 e. The zero-order chi connectivity index (χ0) is 15.4. The van der Waals surface area contributed by atoms with Gasteiger partial charge in [-0.3, -0.25) is 15.1 Å². The van der Waals surface area contributed by atoms with Crippen LogP contribution in [0, 0.1) is 21.4 Å². The number of nitro benzene ring substituents is 1. The summed E-state index contributed by atoms with van der Waals surface area (Å²) in [4.78, 5) is 14.4. The second-order valence-electron chi connectivity index (χ2n) is 4.25. The number of ether oxygens (including phenoxy) is 1. The maximum atomic E-state index is 11.0. The largest absolute Gasteiger partial charge is 0.449 e. The van der Waals surface area contributed by atoms with E-state index in [2.05, 4.69) is 4.98 Å². The Hall–Kier alpha value is -2.98. The maximum Gasteiger partial charge on any atom is 0.312 e. The van der Waals surface area contributed by atoms with Gasteiger partial charge in [0.2, 0.25) is 5.75 Å². The van der Waals surface area contributed by atoms with Crippen LogP contribution in [0.4, 0.5) is 5.69 Å². The van der Waals surface area contributed by atoms with E-state index >= 15 is 0 Å². The van der Waals surface area contributed by atoms with Crippen molar-refractivity contribution in [2.24, 2.45) is 0 Å². The molecule has 0 aliphatic rings. The number of hydrogen-bond donors (Lipinski definition) is 1. The van der Waals surface area contributed by atoms with Crippen LogP contribution in [-0.2, 0) is 0 Å². The van der Waals surface area contributed by atoms with Crippen molar-refractivity contribution in [1.29, 1.82) is 5.26 Å². The van der Waals surface area contributed by atoms with E-state index < -0.39 is 11.0 Å². The highest BCUT2D eigenvalue weighted by Crippen LogP contribution is 2.32. The van der Waals surface area contributed by atoms with Gasteiger partial charge in [-0.2, -0.15) is 5.26 Å². The molecule has 0 saturated carbocycles. The fraction of sp³-hybridized carbons (Fsp3) is 0.143. The first kappa shape index (κ1) is 14.4. The summed E-state index contributed by atoms with van der Waals surface area (Å²) < 4.78 is 5.41. The molecular weight excluding hydrogens is 274 g/mol. The molecular formula is C14H11N3O4. The highest BCUT2D eigenvalue weighted by molar-refractivity contribution is 5.53. The Labute approximate surface area is 120 Å². The predicted octanol–water partition coefficient (Wildman–Crippen LogP) is 2.71. The number of nitrogens with zero attached hydrogens (tertiary/aromatic N) is 3. The first-order valence-electron chi connectivity index (χ1n) is 6.01. The minimum absolute atomic E-state index is 0.0191. The highest BCUT2D eigenvalue weighted by Gasteiger charge is 2.17. The van der Waals surface area contributed by atoms with Crippen LogP contribution in [-0.4, -0.2) is 15.0 Å². The summed E-state index contributed by atoms with van der Waals surface area (Å²) in [5, 5.41) is 29.1. The van der Waals surface area contributed by atoms with Crippen molar-refractivity contribution in [2.75, 3.05) is 0 Å². The molecule has 106 valence electrons. The second kappa shape index (κ2) is 5.98. The molecule has 7 nitrogen and oxygen atoms in total. The maximum absolute atomic E-state index is 11.0. The summed E-state index contributed by atoms with van der Waals surface area (Å²) in [5.41, 5.74) is 0.349. The van der Waals surface area contributed by atoms with E-state index in [0.29, 0.717) is 11.4 Å². The number of nitro groups is 1. The Morgan fingerprint density at radius 1 is 1.43 bits per heavy atom. The van der Waals surface area contributed by atoms with Crippen LogP contribution in [0.25, 0.3) is 0 Å². The van der Waals surface area contributed by atoms with E-state index in [-0.39, 0.29) is 17.0 Å². The summed E-state index contributed by atoms with van der Waals surface area (Å²) in [7, 11) is 0. The molecule has 0 saturated heterocycles. The molecule has 1 atom stereocenters. The van der Waals surface area contributed by atoms with Crippen molar-refractivity contribution < 1.29 is 14.8 Å². The Morgan fingerprint density at radius 3 is 2.71 bits per heavy atom. The van der Waals surface area contributed by atoms with E-state index in [0.717, 1.165) is 6.07 Å². The summed E-state index contributed by atoms with van der Waals surface area (Å²) >= 11 is 0. The lowest BCUT2D eigenvalue weighted by Gasteiger charge is -2.08. The molecule has 0 amide bonds. The van der Waals surface area contributed by atoms with Gasteiger partial charge < -0.3 is 9.84 Å². The van der Waals surface area contributed by atoms with Crippen LogP contribution in [0.2, 0.25) is 0 Å². The third-order valence-corrected chi connectivity index (χ3v) is 2.70. The van der Waals surface area contributed by atoms with E-state index in [1.807, 2.05) is 6.07 Å². The van der Waals surface area contributed by atoms with Gasteiger partial charge in [0.1, 0.15) is 5.75 Å². The number of aromatic nitrogens is 1. The molecule has 7 heteroatoms. The Bertz CT molecular complexity index is 705. The normalized spacial score (nSPS) is 11.5. The highest BCUT2D eigenvalue weighted by atomic mass is 16.6. The molecule has 1 N–H and O–H groups in total. The molecule has 0 unspecified atom stereocenters. The van der Waals surface area contributed by atoms with E-state index in [1.54, 1.807) is 19.1 Å². The number of hydrogen-bond acceptors (Lipinski definition) is 6. The SMILES string of the molecule is C[C@@H](O)c1ccc(Oc2ccc(C#N)cc2[N+](=O)[O-])cn1. The van der Waals surface area contributed by atoms with Crippen molar-refractivity contribution >= 4 is 5.69 Å². The standard InChI is InChI=1S/C14H11N3O4/c1-9(18)12-4-3-11(8-16-12)21-14-5-2-10(7-15)6-13(14)17(19)20/h2-6,8-9,18H,1H3/t9-/m1/s1. The van der Waals surface area contributed by atoms with E-state index in [9.17, 15) is 15.2 Å². The summed E-state index contributed by atoms with van der Waals surface area (Å²) in [6, 6.07) is 8.89. The molecule has 2 rings (SSSR count). The van der Waals surface area contributed by atoms with Crippen molar-refractivity contribution in [3.05, 3.63) is 57.9 Å². The number of benzene rings is 1. The predicted molar refractivity (Wildman–Crippen MR) is 72.8 cm³/mol. The third-order valence-electron chi connectivity index (χ3n) is 2.70. The van der Waals surface area contributed by atoms with Gasteiger partial charge in [-0.1, -0.05) is 0 Å². The molecule has 21 heavy (non-hydrogen) atoms. The number of pyridine rings is 1. The minimum atomic E-state index is -0.705. The van der Waals surface area contributed by atoms with Gasteiger partial charge >= 0.3 is 5.69 Å². The molecule has 0 bridgehead atoms. The third kappa shape index (κ3) is 3.32. The second-order valence-corrected chi connectivity index (χ2v) is 4.25. The number of nitriles is 1. The van der Waals surface area contributed by atoms with Crippen molar-refractivity contribution in [3.8, 4) is 17.6 Å². The lowest BCUT2D eigenvalue weighted by molar-refractivity contribution is -0.385. The minimum Gasteiger partial charge on any atom is -0.449 e. The van der Waals surface area contributed by atoms with Crippen molar-refractivity contribution in [3.63, 3.8) is 0 Å². The number of aliphatic hydroxyl groups excluding tert-OH is 1. The van der Waals surface area contributed by atoms with Gasteiger partial charge in [-0.15, -0.1) is 0 Å². The first-order valence-corrected chi connectivity index (χ1v) is 6.01. The molecule has 2 aromatic rings. The molecule has 0 spiro atoms. The van der Waals surface area contributed by atoms with Crippen LogP contribution >= 0.6 is 0 Å². The van der Waals surface area contributed by atoms with Crippen LogP contribution in [0.15, 0.2) is 36.5 Å². The summed E-state index contributed by atoms with van der Waals surface area (Å²) in [6.45, 7) is 1.58. The van der Waals surface area contributed by atoms with Crippen molar-refractivity contribution in [2.45, 2.75) is 13.0 Å². The number of aliphatic hydroxyl groups is 1. The first-order chi connectivity index (χ1) is 10.0. The van der Waals surface area contributed by atoms with Crippen LogP contribution in [0.5, 0.6) is 11.5 Å². The lowest BCUT2D eigenvalue weighted by Crippen LogP contribution is -1.97. The van der Waals surface area contributed by atoms with Crippen molar-refractivity contribution in [1.82, 2.24) is 4.98 Å². The lowest BCUT2D eigenvalue weighted by atomic mass is 10.2. The quantitative estimate of drug-likeness (QED) is 0.683. The molecule has 0 radical (unpaired) electrons. The average Bonchev–Trinajstić information content (AvgIpc) is 2.48. The molecule has 1 heterocycles. The van der Waals surface area contributed by atoms with Crippen LogP contribution in [0.3, 0.4) is 0 Å². The summed E-state index contributed by atoms with van der Waals surface area (Å²) in [5.74, 6) is 0.317. The van der Waals surface area contributed by atoms with E-state index in [1.165, 1.54) is 18.3 Å². The van der Waals surface area contributed by atoms with Gasteiger partial charge in [0.15, 0.2) is 0 Å². The molecule has 1 aromatic carbocycles. The summed E-state index contributed by atoms with van der Waals surface area (Å²) in [6.07, 6.45) is 0.660. The van der Waals surface area contributed by atoms with Gasteiger partial charge in [0.05, 0.1) is 34.6 Å². The van der Waals surface area contributed by atoms with E-state index in [4.69, 9.17) is 10.00 Å². The topological polar surface area (TPSA) is 109 Å². The zero-order valence-electron chi connectivity index (χ0n) is 11.1.